The zero-order chi connectivity index (χ0) is 8.10. The first kappa shape index (κ1) is 9.36. The van der Waals surface area contributed by atoms with Gasteiger partial charge in [-0.3, -0.25) is 5.32 Å². The van der Waals surface area contributed by atoms with E-state index < -0.39 is 0 Å². The van der Waals surface area contributed by atoms with Gasteiger partial charge in [0, 0.05) is 12.3 Å². The third kappa shape index (κ3) is 3.99. The molecule has 0 spiro atoms. The Hall–Kier alpha value is 0.270. The van der Waals surface area contributed by atoms with E-state index in [1.165, 1.54) is 5.75 Å². The van der Waals surface area contributed by atoms with Gasteiger partial charge in [0.05, 0.1) is 12.8 Å². The average Bonchev–Trinajstić information content (AvgIpc) is 2.39. The fourth-order valence-corrected chi connectivity index (χ4v) is 2.08. The van der Waals surface area contributed by atoms with E-state index >= 15 is 0 Å². The molecule has 1 rings (SSSR count). The molecule has 0 aromatic rings. The van der Waals surface area contributed by atoms with Crippen LogP contribution in [0.15, 0.2) is 0 Å². The second-order valence-corrected chi connectivity index (χ2v) is 4.39. The summed E-state index contributed by atoms with van der Waals surface area (Å²) >= 11 is 1.99. The number of ether oxygens (including phenoxy) is 1. The molecule has 1 fully saturated rings. The van der Waals surface area contributed by atoms with Crippen molar-refractivity contribution < 1.29 is 4.74 Å². The molecule has 0 radical (unpaired) electrons. The van der Waals surface area contributed by atoms with Crippen LogP contribution in [0.3, 0.4) is 0 Å². The van der Waals surface area contributed by atoms with Gasteiger partial charge in [0.2, 0.25) is 0 Å². The van der Waals surface area contributed by atoms with Gasteiger partial charge in [-0.2, -0.15) is 11.8 Å². The number of rotatable bonds is 4. The van der Waals surface area contributed by atoms with Gasteiger partial charge >= 0.3 is 0 Å². The summed E-state index contributed by atoms with van der Waals surface area (Å²) in [6.07, 6.45) is 0.457. The molecule has 1 aliphatic rings. The van der Waals surface area contributed by atoms with Crippen LogP contribution in [0.2, 0.25) is 0 Å². The second kappa shape index (κ2) is 5.01. The highest BCUT2D eigenvalue weighted by molar-refractivity contribution is 7.99. The normalized spacial score (nSPS) is 24.8. The van der Waals surface area contributed by atoms with Crippen LogP contribution in [-0.4, -0.2) is 30.9 Å². The van der Waals surface area contributed by atoms with Gasteiger partial charge < -0.3 is 4.74 Å². The summed E-state index contributed by atoms with van der Waals surface area (Å²) in [6.45, 7) is 6.28. The van der Waals surface area contributed by atoms with E-state index in [2.05, 4.69) is 19.2 Å². The molecular formula is C8H17NOS. The van der Waals surface area contributed by atoms with Crippen LogP contribution in [0.25, 0.3) is 0 Å². The first-order chi connectivity index (χ1) is 5.29. The molecule has 1 saturated heterocycles. The Morgan fingerprint density at radius 1 is 1.64 bits per heavy atom. The molecule has 1 aliphatic heterocycles. The molecule has 0 amide bonds. The van der Waals surface area contributed by atoms with Crippen LogP contribution >= 0.6 is 11.8 Å². The fourth-order valence-electron chi connectivity index (χ4n) is 0.998. The summed E-state index contributed by atoms with van der Waals surface area (Å²) in [5, 5.41) is 3.17. The third-order valence-electron chi connectivity index (χ3n) is 1.55. The van der Waals surface area contributed by atoms with E-state index in [0.717, 1.165) is 24.9 Å². The van der Waals surface area contributed by atoms with Crippen molar-refractivity contribution in [2.24, 2.45) is 5.92 Å². The van der Waals surface area contributed by atoms with E-state index in [1.54, 1.807) is 0 Å². The SMILES string of the molecule is CC(C)CSCC1CNCO1. The van der Waals surface area contributed by atoms with Crippen molar-refractivity contribution in [1.82, 2.24) is 5.32 Å². The first-order valence-corrected chi connectivity index (χ1v) is 5.34. The quantitative estimate of drug-likeness (QED) is 0.696. The molecule has 3 heteroatoms. The lowest BCUT2D eigenvalue weighted by Crippen LogP contribution is -2.16. The molecule has 0 bridgehead atoms. The monoisotopic (exact) mass is 175 g/mol. The number of nitrogens with one attached hydrogen (secondary N) is 1. The molecule has 1 heterocycles. The van der Waals surface area contributed by atoms with E-state index in [-0.39, 0.29) is 0 Å². The molecule has 1 unspecified atom stereocenters. The average molecular weight is 175 g/mol. The Morgan fingerprint density at radius 3 is 3.00 bits per heavy atom. The lowest BCUT2D eigenvalue weighted by Gasteiger charge is -2.08. The fraction of sp³-hybridized carbons (Fsp3) is 1.00. The Labute approximate surface area is 73.1 Å². The molecule has 2 nitrogen and oxygen atoms in total. The van der Waals surface area contributed by atoms with Gasteiger partial charge in [0.15, 0.2) is 0 Å². The van der Waals surface area contributed by atoms with Gasteiger partial charge in [0.25, 0.3) is 0 Å². The van der Waals surface area contributed by atoms with Gasteiger partial charge in [-0.05, 0) is 11.7 Å². The minimum absolute atomic E-state index is 0.457. The highest BCUT2D eigenvalue weighted by Gasteiger charge is 2.14. The van der Waals surface area contributed by atoms with Crippen molar-refractivity contribution in [1.29, 1.82) is 0 Å². The number of hydrogen-bond acceptors (Lipinski definition) is 3. The largest absolute Gasteiger partial charge is 0.361 e. The maximum absolute atomic E-state index is 5.40. The number of thioether (sulfide) groups is 1. The van der Waals surface area contributed by atoms with Crippen LogP contribution in [-0.2, 0) is 4.74 Å². The molecule has 1 N–H and O–H groups in total. The van der Waals surface area contributed by atoms with Crippen LogP contribution in [0, 0.1) is 5.92 Å². The van der Waals surface area contributed by atoms with E-state index in [0.29, 0.717) is 6.10 Å². The molecule has 0 aliphatic carbocycles. The highest BCUT2D eigenvalue weighted by atomic mass is 32.2. The smallest absolute Gasteiger partial charge is 0.0971 e. The van der Waals surface area contributed by atoms with Crippen molar-refractivity contribution in [2.45, 2.75) is 20.0 Å². The molecular weight excluding hydrogens is 158 g/mol. The molecule has 0 saturated carbocycles. The van der Waals surface area contributed by atoms with E-state index in [9.17, 15) is 0 Å². The lowest BCUT2D eigenvalue weighted by molar-refractivity contribution is 0.130. The molecule has 0 aromatic heterocycles. The van der Waals surface area contributed by atoms with Crippen molar-refractivity contribution in [3.63, 3.8) is 0 Å². The topological polar surface area (TPSA) is 21.3 Å². The lowest BCUT2D eigenvalue weighted by atomic mass is 10.3. The minimum Gasteiger partial charge on any atom is -0.361 e. The Morgan fingerprint density at radius 2 is 2.45 bits per heavy atom. The summed E-state index contributed by atoms with van der Waals surface area (Å²) in [5.74, 6) is 3.19. The van der Waals surface area contributed by atoms with Crippen LogP contribution in [0.4, 0.5) is 0 Å². The van der Waals surface area contributed by atoms with Crippen molar-refractivity contribution in [3.8, 4) is 0 Å². The Kier molecular flexibility index (Phi) is 4.26. The Balaban J connectivity index is 1.94. The molecule has 11 heavy (non-hydrogen) atoms. The standard InChI is InChI=1S/C8H17NOS/c1-7(2)4-11-5-8-3-9-6-10-8/h7-9H,3-6H2,1-2H3. The van der Waals surface area contributed by atoms with Crippen LogP contribution in [0.5, 0.6) is 0 Å². The second-order valence-electron chi connectivity index (χ2n) is 3.32. The van der Waals surface area contributed by atoms with Gasteiger partial charge in [-0.1, -0.05) is 13.8 Å². The number of hydrogen-bond donors (Lipinski definition) is 1. The van der Waals surface area contributed by atoms with Crippen LogP contribution < -0.4 is 5.32 Å². The zero-order valence-electron chi connectivity index (χ0n) is 7.30. The molecule has 1 atom stereocenters. The zero-order valence-corrected chi connectivity index (χ0v) is 8.12. The first-order valence-electron chi connectivity index (χ1n) is 4.19. The molecule has 0 aromatic carbocycles. The minimum atomic E-state index is 0.457. The predicted octanol–water partition coefficient (Wildman–Crippen LogP) is 1.32. The van der Waals surface area contributed by atoms with Crippen molar-refractivity contribution in [2.75, 3.05) is 24.8 Å². The molecule has 66 valence electrons. The summed E-state index contributed by atoms with van der Waals surface area (Å²) in [5.41, 5.74) is 0. The highest BCUT2D eigenvalue weighted by Crippen LogP contribution is 2.11. The summed E-state index contributed by atoms with van der Waals surface area (Å²) < 4.78 is 5.40. The van der Waals surface area contributed by atoms with Crippen LogP contribution in [0.1, 0.15) is 13.8 Å². The van der Waals surface area contributed by atoms with Gasteiger partial charge in [-0.25, -0.2) is 0 Å². The van der Waals surface area contributed by atoms with Gasteiger partial charge in [-0.15, -0.1) is 0 Å². The van der Waals surface area contributed by atoms with Crippen molar-refractivity contribution >= 4 is 11.8 Å². The summed E-state index contributed by atoms with van der Waals surface area (Å²) in [7, 11) is 0. The summed E-state index contributed by atoms with van der Waals surface area (Å²) in [4.78, 5) is 0. The van der Waals surface area contributed by atoms with Gasteiger partial charge in [0.1, 0.15) is 0 Å². The van der Waals surface area contributed by atoms with Crippen molar-refractivity contribution in [3.05, 3.63) is 0 Å². The maximum atomic E-state index is 5.40. The maximum Gasteiger partial charge on any atom is 0.0971 e. The van der Waals surface area contributed by atoms with E-state index in [4.69, 9.17) is 4.74 Å². The Bertz CT molecular complexity index is 102. The third-order valence-corrected chi connectivity index (χ3v) is 3.06. The summed E-state index contributed by atoms with van der Waals surface area (Å²) in [6, 6.07) is 0. The van der Waals surface area contributed by atoms with E-state index in [1.807, 2.05) is 11.8 Å². The predicted molar refractivity (Wildman–Crippen MR) is 49.9 cm³/mol.